The molecule has 3 N–H and O–H groups in total. The van der Waals surface area contributed by atoms with Crippen molar-refractivity contribution in [1.82, 2.24) is 4.83 Å². The maximum absolute atomic E-state index is 12.1. The third kappa shape index (κ3) is 3.69. The molecule has 0 bridgehead atoms. The number of sulfonamides is 1. The van der Waals surface area contributed by atoms with Gasteiger partial charge < -0.3 is 10.2 Å². The van der Waals surface area contributed by atoms with Gasteiger partial charge in [-0.15, -0.1) is 0 Å². The highest BCUT2D eigenvalue weighted by atomic mass is 35.5. The second kappa shape index (κ2) is 6.25. The largest absolute Gasteiger partial charge is 0.508 e. The molecule has 0 aliphatic carbocycles. The Morgan fingerprint density at radius 1 is 1.14 bits per heavy atom. The lowest BCUT2D eigenvalue weighted by molar-refractivity contribution is 0.450. The van der Waals surface area contributed by atoms with Gasteiger partial charge in [0, 0.05) is 16.7 Å². The van der Waals surface area contributed by atoms with Crippen molar-refractivity contribution < 1.29 is 18.6 Å². The number of nitrogens with one attached hydrogen (secondary N) is 1. The maximum Gasteiger partial charge on any atom is 0.276 e. The Bertz CT molecular complexity index is 817. The molecule has 0 radical (unpaired) electrons. The monoisotopic (exact) mass is 340 g/mol. The topological polar surface area (TPSA) is 99.0 Å². The van der Waals surface area contributed by atoms with Crippen molar-refractivity contribution in [2.45, 2.75) is 11.8 Å². The van der Waals surface area contributed by atoms with Crippen LogP contribution in [-0.2, 0) is 10.0 Å². The van der Waals surface area contributed by atoms with E-state index in [4.69, 9.17) is 11.6 Å². The molecule has 2 aromatic carbocycles. The smallest absolute Gasteiger partial charge is 0.276 e. The lowest BCUT2D eigenvalue weighted by Gasteiger charge is -2.07. The van der Waals surface area contributed by atoms with Gasteiger partial charge in [0.25, 0.3) is 10.0 Å². The summed E-state index contributed by atoms with van der Waals surface area (Å²) < 4.78 is 24.1. The molecule has 116 valence electrons. The van der Waals surface area contributed by atoms with Crippen LogP contribution in [-0.4, -0.2) is 24.3 Å². The number of halogens is 1. The van der Waals surface area contributed by atoms with Crippen LogP contribution in [0.2, 0.25) is 5.02 Å². The van der Waals surface area contributed by atoms with E-state index >= 15 is 0 Å². The fourth-order valence-electron chi connectivity index (χ4n) is 1.68. The van der Waals surface area contributed by atoms with Gasteiger partial charge in [0.05, 0.1) is 10.6 Å². The van der Waals surface area contributed by atoms with E-state index in [1.54, 1.807) is 0 Å². The molecule has 2 aromatic rings. The van der Waals surface area contributed by atoms with Crippen LogP contribution in [0.3, 0.4) is 0 Å². The molecule has 0 aliphatic rings. The number of hydrazone groups is 1. The minimum absolute atomic E-state index is 0.0170. The molecule has 0 unspecified atom stereocenters. The van der Waals surface area contributed by atoms with Crippen LogP contribution < -0.4 is 4.83 Å². The van der Waals surface area contributed by atoms with Crippen molar-refractivity contribution in [3.8, 4) is 11.5 Å². The number of aromatic hydroxyl groups is 2. The standard InChI is InChI=1S/C14H13ClN2O4S/c1-9(13-7-4-11(18)8-14(13)19)16-17-22(20,21)12-5-2-10(15)3-6-12/h2-8,17-19H,1H3. The summed E-state index contributed by atoms with van der Waals surface area (Å²) in [7, 11) is -3.83. The van der Waals surface area contributed by atoms with Gasteiger partial charge >= 0.3 is 0 Å². The van der Waals surface area contributed by atoms with Crippen LogP contribution in [0.1, 0.15) is 12.5 Å². The summed E-state index contributed by atoms with van der Waals surface area (Å²) >= 11 is 5.71. The zero-order valence-electron chi connectivity index (χ0n) is 11.5. The van der Waals surface area contributed by atoms with Crippen LogP contribution >= 0.6 is 11.6 Å². The van der Waals surface area contributed by atoms with Crippen LogP contribution in [0.4, 0.5) is 0 Å². The molecule has 6 nitrogen and oxygen atoms in total. The van der Waals surface area contributed by atoms with E-state index < -0.39 is 10.0 Å². The summed E-state index contributed by atoms with van der Waals surface area (Å²) in [6.07, 6.45) is 0. The summed E-state index contributed by atoms with van der Waals surface area (Å²) in [6.45, 7) is 1.52. The van der Waals surface area contributed by atoms with E-state index in [1.165, 1.54) is 43.3 Å². The number of phenolic OH excluding ortho intramolecular Hbond substituents is 2. The SMILES string of the molecule is CC(=NNS(=O)(=O)c1ccc(Cl)cc1)c1ccc(O)cc1O. The maximum atomic E-state index is 12.1. The summed E-state index contributed by atoms with van der Waals surface area (Å²) in [6, 6.07) is 9.56. The van der Waals surface area contributed by atoms with Gasteiger partial charge in [-0.1, -0.05) is 11.6 Å². The Morgan fingerprint density at radius 2 is 1.77 bits per heavy atom. The molecule has 0 heterocycles. The van der Waals surface area contributed by atoms with Gasteiger partial charge in [-0.3, -0.25) is 0 Å². The molecule has 0 atom stereocenters. The fourth-order valence-corrected chi connectivity index (χ4v) is 2.66. The number of hydrogen-bond donors (Lipinski definition) is 3. The van der Waals surface area contributed by atoms with Crippen molar-refractivity contribution in [3.63, 3.8) is 0 Å². The molecule has 0 spiro atoms. The molecule has 0 aliphatic heterocycles. The molecule has 8 heteroatoms. The normalized spacial score (nSPS) is 12.2. The molecule has 0 fully saturated rings. The van der Waals surface area contributed by atoms with Crippen molar-refractivity contribution >= 4 is 27.3 Å². The minimum atomic E-state index is -3.83. The van der Waals surface area contributed by atoms with Crippen molar-refractivity contribution in [2.75, 3.05) is 0 Å². The van der Waals surface area contributed by atoms with E-state index in [0.717, 1.165) is 6.07 Å². The Labute approximate surface area is 132 Å². The predicted octanol–water partition coefficient (Wildman–Crippen LogP) is 2.45. The van der Waals surface area contributed by atoms with Gasteiger partial charge in [0.2, 0.25) is 0 Å². The third-order valence-corrected chi connectivity index (χ3v) is 4.30. The predicted molar refractivity (Wildman–Crippen MR) is 83.8 cm³/mol. The molecular weight excluding hydrogens is 328 g/mol. The fraction of sp³-hybridized carbons (Fsp3) is 0.0714. The first-order valence-corrected chi connectivity index (χ1v) is 8.00. The highest BCUT2D eigenvalue weighted by molar-refractivity contribution is 7.89. The number of rotatable bonds is 4. The van der Waals surface area contributed by atoms with E-state index in [0.29, 0.717) is 10.6 Å². The lowest BCUT2D eigenvalue weighted by atomic mass is 10.1. The van der Waals surface area contributed by atoms with Crippen LogP contribution in [0, 0.1) is 0 Å². The lowest BCUT2D eigenvalue weighted by Crippen LogP contribution is -2.19. The molecular formula is C14H13ClN2O4S. The molecule has 0 saturated heterocycles. The summed E-state index contributed by atoms with van der Waals surface area (Å²) in [5, 5.41) is 23.1. The average molecular weight is 341 g/mol. The van der Waals surface area contributed by atoms with E-state index in [-0.39, 0.29) is 22.1 Å². The van der Waals surface area contributed by atoms with Crippen molar-refractivity contribution in [2.24, 2.45) is 5.10 Å². The summed E-state index contributed by atoms with van der Waals surface area (Å²) in [4.78, 5) is 2.10. The Kier molecular flexibility index (Phi) is 4.58. The van der Waals surface area contributed by atoms with E-state index in [1.807, 2.05) is 0 Å². The Morgan fingerprint density at radius 3 is 2.36 bits per heavy atom. The van der Waals surface area contributed by atoms with Gasteiger partial charge in [0.1, 0.15) is 11.5 Å². The minimum Gasteiger partial charge on any atom is -0.508 e. The zero-order chi connectivity index (χ0) is 16.3. The number of hydrogen-bond acceptors (Lipinski definition) is 5. The first kappa shape index (κ1) is 16.1. The Balaban J connectivity index is 2.24. The third-order valence-electron chi connectivity index (χ3n) is 2.83. The van der Waals surface area contributed by atoms with E-state index in [2.05, 4.69) is 9.93 Å². The zero-order valence-corrected chi connectivity index (χ0v) is 13.1. The van der Waals surface area contributed by atoms with Gasteiger partial charge in [0.15, 0.2) is 0 Å². The first-order chi connectivity index (χ1) is 10.3. The second-order valence-electron chi connectivity index (χ2n) is 4.45. The molecule has 0 aromatic heterocycles. The summed E-state index contributed by atoms with van der Waals surface area (Å²) in [5.74, 6) is -0.303. The van der Waals surface area contributed by atoms with Gasteiger partial charge in [-0.25, -0.2) is 0 Å². The second-order valence-corrected chi connectivity index (χ2v) is 6.54. The van der Waals surface area contributed by atoms with Crippen molar-refractivity contribution in [3.05, 3.63) is 53.1 Å². The molecule has 0 amide bonds. The average Bonchev–Trinajstić information content (AvgIpc) is 2.45. The van der Waals surface area contributed by atoms with Gasteiger partial charge in [-0.05, 0) is 43.3 Å². The number of phenols is 2. The van der Waals surface area contributed by atoms with Crippen molar-refractivity contribution in [1.29, 1.82) is 0 Å². The highest BCUT2D eigenvalue weighted by Crippen LogP contribution is 2.23. The van der Waals surface area contributed by atoms with Crippen LogP contribution in [0.15, 0.2) is 52.5 Å². The quantitative estimate of drug-likeness (QED) is 0.588. The van der Waals surface area contributed by atoms with Crippen LogP contribution in [0.5, 0.6) is 11.5 Å². The van der Waals surface area contributed by atoms with Crippen LogP contribution in [0.25, 0.3) is 0 Å². The summed E-state index contributed by atoms with van der Waals surface area (Å²) in [5.41, 5.74) is 0.548. The molecule has 2 rings (SSSR count). The molecule has 22 heavy (non-hydrogen) atoms. The Hall–Kier alpha value is -2.25. The van der Waals surface area contributed by atoms with Gasteiger partial charge in [-0.2, -0.15) is 18.4 Å². The highest BCUT2D eigenvalue weighted by Gasteiger charge is 2.13. The van der Waals surface area contributed by atoms with E-state index in [9.17, 15) is 18.6 Å². The molecule has 0 saturated carbocycles. The number of nitrogens with zero attached hydrogens (tertiary/aromatic N) is 1. The number of benzene rings is 2. The first-order valence-electron chi connectivity index (χ1n) is 6.13.